The van der Waals surface area contributed by atoms with Crippen molar-refractivity contribution in [2.45, 2.75) is 4.90 Å². The second-order valence-electron chi connectivity index (χ2n) is 6.83. The molecule has 2 aromatic carbocycles. The van der Waals surface area contributed by atoms with Crippen LogP contribution in [0.3, 0.4) is 0 Å². The number of para-hydroxylation sites is 2. The summed E-state index contributed by atoms with van der Waals surface area (Å²) in [4.78, 5) is 26.6. The van der Waals surface area contributed by atoms with Crippen molar-refractivity contribution in [2.24, 2.45) is 0 Å². The molecule has 4 aromatic rings. The Bertz CT molecular complexity index is 1160. The zero-order valence-corrected chi connectivity index (χ0v) is 17.1. The van der Waals surface area contributed by atoms with Gasteiger partial charge in [-0.3, -0.25) is 4.79 Å². The third-order valence-electron chi connectivity index (χ3n) is 5.25. The van der Waals surface area contributed by atoms with Gasteiger partial charge in [0, 0.05) is 48.2 Å². The minimum absolute atomic E-state index is 0.103. The average molecular weight is 409 g/mol. The summed E-state index contributed by atoms with van der Waals surface area (Å²) in [6, 6.07) is 14.3. The number of anilines is 1. The molecule has 1 saturated heterocycles. The van der Waals surface area contributed by atoms with Crippen molar-refractivity contribution in [3.8, 4) is 0 Å². The first-order chi connectivity index (χ1) is 13.7. The molecule has 1 aliphatic rings. The molecule has 0 spiro atoms. The Morgan fingerprint density at radius 2 is 1.93 bits per heavy atom. The predicted molar refractivity (Wildman–Crippen MR) is 118 cm³/mol. The van der Waals surface area contributed by atoms with E-state index in [-0.39, 0.29) is 5.91 Å². The molecular formula is C21H20N4OS2. The van der Waals surface area contributed by atoms with Crippen LogP contribution in [0.15, 0.2) is 53.6 Å². The van der Waals surface area contributed by atoms with Gasteiger partial charge in [-0.1, -0.05) is 35.6 Å². The molecule has 1 N–H and O–H groups in total. The third-order valence-corrected chi connectivity index (χ3v) is 7.10. The highest BCUT2D eigenvalue weighted by molar-refractivity contribution is 7.98. The summed E-state index contributed by atoms with van der Waals surface area (Å²) in [6.45, 7) is 3.04. The maximum Gasteiger partial charge on any atom is 0.256 e. The van der Waals surface area contributed by atoms with E-state index in [0.717, 1.165) is 40.2 Å². The first-order valence-corrected chi connectivity index (χ1v) is 11.3. The van der Waals surface area contributed by atoms with E-state index in [4.69, 9.17) is 4.98 Å². The van der Waals surface area contributed by atoms with Crippen molar-refractivity contribution >= 4 is 55.3 Å². The molecule has 1 fully saturated rings. The monoisotopic (exact) mass is 408 g/mol. The van der Waals surface area contributed by atoms with E-state index in [1.54, 1.807) is 23.1 Å². The van der Waals surface area contributed by atoms with Gasteiger partial charge in [-0.2, -0.15) is 0 Å². The van der Waals surface area contributed by atoms with Gasteiger partial charge >= 0.3 is 0 Å². The second-order valence-corrected chi connectivity index (χ2v) is 8.69. The SMILES string of the molecule is CSc1cccc2sc(N3CCN(C(=O)c4c[nH]c5ccccc45)CC3)nc12. The molecule has 3 heterocycles. The Balaban J connectivity index is 1.33. The van der Waals surface area contributed by atoms with E-state index in [9.17, 15) is 4.79 Å². The number of thiazole rings is 1. The van der Waals surface area contributed by atoms with Crippen molar-refractivity contribution < 1.29 is 4.79 Å². The molecule has 142 valence electrons. The normalized spacial score (nSPS) is 14.9. The summed E-state index contributed by atoms with van der Waals surface area (Å²) < 4.78 is 1.22. The number of nitrogens with zero attached hydrogens (tertiary/aromatic N) is 3. The van der Waals surface area contributed by atoms with Crippen LogP contribution in [0.25, 0.3) is 21.1 Å². The number of hydrogen-bond donors (Lipinski definition) is 1. The molecule has 0 atom stereocenters. The fourth-order valence-electron chi connectivity index (χ4n) is 3.73. The Kier molecular flexibility index (Phi) is 4.49. The van der Waals surface area contributed by atoms with Crippen molar-refractivity contribution in [1.82, 2.24) is 14.9 Å². The van der Waals surface area contributed by atoms with Gasteiger partial charge in [0.05, 0.1) is 15.8 Å². The van der Waals surface area contributed by atoms with Crippen molar-refractivity contribution in [1.29, 1.82) is 0 Å². The number of aromatic nitrogens is 2. The first kappa shape index (κ1) is 17.6. The minimum atomic E-state index is 0.103. The second kappa shape index (κ2) is 7.14. The summed E-state index contributed by atoms with van der Waals surface area (Å²) >= 11 is 3.47. The van der Waals surface area contributed by atoms with Gasteiger partial charge in [0.2, 0.25) is 0 Å². The maximum atomic E-state index is 13.0. The zero-order chi connectivity index (χ0) is 19.1. The summed E-state index contributed by atoms with van der Waals surface area (Å²) in [5.74, 6) is 0.103. The molecule has 0 radical (unpaired) electrons. The summed E-state index contributed by atoms with van der Waals surface area (Å²) in [5, 5.41) is 2.04. The maximum absolute atomic E-state index is 13.0. The largest absolute Gasteiger partial charge is 0.360 e. The lowest BCUT2D eigenvalue weighted by atomic mass is 10.1. The van der Waals surface area contributed by atoms with Crippen LogP contribution in [-0.2, 0) is 0 Å². The number of thioether (sulfide) groups is 1. The molecular weight excluding hydrogens is 388 g/mol. The minimum Gasteiger partial charge on any atom is -0.360 e. The number of aromatic amines is 1. The van der Waals surface area contributed by atoms with Crippen molar-refractivity contribution in [2.75, 3.05) is 37.3 Å². The Morgan fingerprint density at radius 3 is 2.75 bits per heavy atom. The lowest BCUT2D eigenvalue weighted by molar-refractivity contribution is 0.0749. The summed E-state index contributed by atoms with van der Waals surface area (Å²) in [7, 11) is 0. The average Bonchev–Trinajstić information content (AvgIpc) is 3.37. The van der Waals surface area contributed by atoms with E-state index in [1.165, 1.54) is 9.60 Å². The number of nitrogens with one attached hydrogen (secondary N) is 1. The fraction of sp³-hybridized carbons (Fsp3) is 0.238. The molecule has 0 bridgehead atoms. The van der Waals surface area contributed by atoms with Crippen LogP contribution in [0.5, 0.6) is 0 Å². The molecule has 5 rings (SSSR count). The summed E-state index contributed by atoms with van der Waals surface area (Å²) in [5.41, 5.74) is 2.85. The number of carbonyl (C=O) groups is 1. The molecule has 5 nitrogen and oxygen atoms in total. The number of amides is 1. The molecule has 1 amide bonds. The predicted octanol–water partition coefficient (Wildman–Crippen LogP) is 4.46. The van der Waals surface area contributed by atoms with Gasteiger partial charge in [-0.25, -0.2) is 4.98 Å². The van der Waals surface area contributed by atoms with Gasteiger partial charge in [0.25, 0.3) is 5.91 Å². The van der Waals surface area contributed by atoms with Crippen molar-refractivity contribution in [3.63, 3.8) is 0 Å². The van der Waals surface area contributed by atoms with Gasteiger partial charge in [-0.05, 0) is 24.5 Å². The Morgan fingerprint density at radius 1 is 1.11 bits per heavy atom. The Hall–Kier alpha value is -2.51. The van der Waals surface area contributed by atoms with Gasteiger partial charge < -0.3 is 14.8 Å². The standard InChI is InChI=1S/C21H20N4OS2/c1-27-17-7-4-8-18-19(17)23-21(28-18)25-11-9-24(10-12-25)20(26)15-13-22-16-6-3-2-5-14(15)16/h2-8,13,22H,9-12H2,1H3. The van der Waals surface area contributed by atoms with Crippen LogP contribution < -0.4 is 4.90 Å². The van der Waals surface area contributed by atoms with Crippen molar-refractivity contribution in [3.05, 3.63) is 54.2 Å². The van der Waals surface area contributed by atoms with Crippen LogP contribution in [0.1, 0.15) is 10.4 Å². The van der Waals surface area contributed by atoms with Gasteiger partial charge in [0.1, 0.15) is 0 Å². The lowest BCUT2D eigenvalue weighted by Gasteiger charge is -2.34. The number of carbonyl (C=O) groups excluding carboxylic acids is 1. The molecule has 28 heavy (non-hydrogen) atoms. The third kappa shape index (κ3) is 2.95. The molecule has 1 aliphatic heterocycles. The van der Waals surface area contributed by atoms with E-state index >= 15 is 0 Å². The lowest BCUT2D eigenvalue weighted by Crippen LogP contribution is -2.48. The molecule has 0 saturated carbocycles. The molecule has 7 heteroatoms. The Labute approximate surface area is 171 Å². The highest BCUT2D eigenvalue weighted by Gasteiger charge is 2.25. The number of piperazine rings is 1. The van der Waals surface area contributed by atoms with Gasteiger partial charge in [0.15, 0.2) is 5.13 Å². The van der Waals surface area contributed by atoms with Crippen LogP contribution in [0, 0.1) is 0 Å². The number of fused-ring (bicyclic) bond motifs is 2. The number of benzene rings is 2. The van der Waals surface area contributed by atoms with Crippen LogP contribution in [0.2, 0.25) is 0 Å². The molecule has 2 aromatic heterocycles. The highest BCUT2D eigenvalue weighted by atomic mass is 32.2. The van der Waals surface area contributed by atoms with E-state index < -0.39 is 0 Å². The van der Waals surface area contributed by atoms with Crippen LogP contribution >= 0.6 is 23.1 Å². The zero-order valence-electron chi connectivity index (χ0n) is 15.5. The summed E-state index contributed by atoms with van der Waals surface area (Å²) in [6.07, 6.45) is 3.92. The fourth-order valence-corrected chi connectivity index (χ4v) is 5.40. The van der Waals surface area contributed by atoms with E-state index in [2.05, 4.69) is 34.3 Å². The van der Waals surface area contributed by atoms with Gasteiger partial charge in [-0.15, -0.1) is 11.8 Å². The number of H-pyrrole nitrogens is 1. The quantitative estimate of drug-likeness (QED) is 0.509. The van der Waals surface area contributed by atoms with E-state index in [0.29, 0.717) is 13.1 Å². The first-order valence-electron chi connectivity index (χ1n) is 9.28. The smallest absolute Gasteiger partial charge is 0.256 e. The molecule has 0 unspecified atom stereocenters. The van der Waals surface area contributed by atoms with Crippen LogP contribution in [0.4, 0.5) is 5.13 Å². The topological polar surface area (TPSA) is 52.2 Å². The molecule has 0 aliphatic carbocycles. The number of hydrogen-bond acceptors (Lipinski definition) is 5. The highest BCUT2D eigenvalue weighted by Crippen LogP contribution is 2.34. The van der Waals surface area contributed by atoms with Crippen LogP contribution in [-0.4, -0.2) is 53.2 Å². The number of rotatable bonds is 3. The van der Waals surface area contributed by atoms with E-state index in [1.807, 2.05) is 35.4 Å².